The van der Waals surface area contributed by atoms with Gasteiger partial charge in [0.25, 0.3) is 0 Å². The molecule has 4 nitrogen and oxygen atoms in total. The molecule has 0 aliphatic heterocycles. The van der Waals surface area contributed by atoms with Crippen LogP contribution in [0.2, 0.25) is 0 Å². The summed E-state index contributed by atoms with van der Waals surface area (Å²) in [6, 6.07) is 9.34. The highest BCUT2D eigenvalue weighted by atomic mass is 79.9. The maximum Gasteiger partial charge on any atom is 0.371 e. The van der Waals surface area contributed by atoms with Crippen molar-refractivity contribution in [1.29, 1.82) is 0 Å². The van der Waals surface area contributed by atoms with Gasteiger partial charge >= 0.3 is 5.97 Å². The van der Waals surface area contributed by atoms with E-state index < -0.39 is 5.97 Å². The van der Waals surface area contributed by atoms with Gasteiger partial charge in [0, 0.05) is 10.0 Å². The van der Waals surface area contributed by atoms with Crippen molar-refractivity contribution >= 4 is 27.7 Å². The van der Waals surface area contributed by atoms with E-state index in [1.54, 1.807) is 24.3 Å². The van der Waals surface area contributed by atoms with Crippen LogP contribution in [0, 0.1) is 0 Å². The van der Waals surface area contributed by atoms with E-state index in [1.165, 1.54) is 12.1 Å². The molecule has 0 aliphatic rings. The van der Waals surface area contributed by atoms with Crippen molar-refractivity contribution in [2.24, 2.45) is 0 Å². The van der Waals surface area contributed by atoms with Gasteiger partial charge in [-0.1, -0.05) is 15.9 Å². The summed E-state index contributed by atoms with van der Waals surface area (Å²) in [7, 11) is 0. The minimum Gasteiger partial charge on any atom is -0.475 e. The number of rotatable bonds is 3. The van der Waals surface area contributed by atoms with Crippen molar-refractivity contribution in [2.45, 2.75) is 0 Å². The summed E-state index contributed by atoms with van der Waals surface area (Å²) in [4.78, 5) is 22.5. The smallest absolute Gasteiger partial charge is 0.371 e. The van der Waals surface area contributed by atoms with E-state index in [4.69, 9.17) is 9.52 Å². The van der Waals surface area contributed by atoms with Gasteiger partial charge in [0.15, 0.2) is 5.76 Å². The Balaban J connectivity index is 2.30. The van der Waals surface area contributed by atoms with Gasteiger partial charge in [-0.05, 0) is 36.4 Å². The fourth-order valence-corrected chi connectivity index (χ4v) is 1.58. The Bertz CT molecular complexity index is 568. The molecule has 0 radical (unpaired) electrons. The molecule has 17 heavy (non-hydrogen) atoms. The molecule has 1 aromatic heterocycles. The van der Waals surface area contributed by atoms with Crippen LogP contribution < -0.4 is 0 Å². The van der Waals surface area contributed by atoms with Crippen molar-refractivity contribution in [2.75, 3.05) is 0 Å². The molecule has 0 atom stereocenters. The second-order valence-electron chi connectivity index (χ2n) is 3.31. The quantitative estimate of drug-likeness (QED) is 0.884. The van der Waals surface area contributed by atoms with Crippen molar-refractivity contribution in [3.05, 3.63) is 58.0 Å². The van der Waals surface area contributed by atoms with Gasteiger partial charge < -0.3 is 9.52 Å². The molecule has 2 aromatic rings. The predicted molar refractivity (Wildman–Crippen MR) is 63.2 cm³/mol. The third kappa shape index (κ3) is 2.45. The fourth-order valence-electron chi connectivity index (χ4n) is 1.32. The number of hydrogen-bond acceptors (Lipinski definition) is 3. The maximum atomic E-state index is 11.9. The van der Waals surface area contributed by atoms with Crippen LogP contribution in [0.25, 0.3) is 0 Å². The number of carbonyl (C=O) groups is 2. The molecule has 0 saturated carbocycles. The monoisotopic (exact) mass is 294 g/mol. The summed E-state index contributed by atoms with van der Waals surface area (Å²) < 4.78 is 5.79. The summed E-state index contributed by atoms with van der Waals surface area (Å²) >= 11 is 3.26. The second-order valence-corrected chi connectivity index (χ2v) is 4.22. The van der Waals surface area contributed by atoms with Crippen LogP contribution in [0.4, 0.5) is 0 Å². The summed E-state index contributed by atoms with van der Waals surface area (Å²) in [5.41, 5.74) is 0.444. The lowest BCUT2D eigenvalue weighted by molar-refractivity contribution is 0.0660. The topological polar surface area (TPSA) is 67.5 Å². The van der Waals surface area contributed by atoms with Crippen molar-refractivity contribution < 1.29 is 19.1 Å². The minimum absolute atomic E-state index is 0.0183. The summed E-state index contributed by atoms with van der Waals surface area (Å²) in [5.74, 6) is -1.76. The number of carbonyl (C=O) groups excluding carboxylic acids is 1. The van der Waals surface area contributed by atoms with Crippen LogP contribution in [0.15, 0.2) is 45.3 Å². The molecule has 86 valence electrons. The van der Waals surface area contributed by atoms with Gasteiger partial charge in [0.2, 0.25) is 11.5 Å². The number of aromatic carboxylic acids is 1. The third-order valence-electron chi connectivity index (χ3n) is 2.15. The molecule has 0 aliphatic carbocycles. The lowest BCUT2D eigenvalue weighted by Crippen LogP contribution is -1.99. The maximum absolute atomic E-state index is 11.9. The number of furan rings is 1. The van der Waals surface area contributed by atoms with Crippen LogP contribution in [0.5, 0.6) is 0 Å². The van der Waals surface area contributed by atoms with E-state index in [0.717, 1.165) is 4.47 Å². The Kier molecular flexibility index (Phi) is 3.10. The standard InChI is InChI=1S/C12H7BrO4/c13-8-3-1-7(2-4-8)11(14)9-5-6-10(17-9)12(15)16/h1-6H,(H,15,16). The van der Waals surface area contributed by atoms with Crippen LogP contribution in [0.1, 0.15) is 26.7 Å². The molecular weight excluding hydrogens is 288 g/mol. The fraction of sp³-hybridized carbons (Fsp3) is 0. The molecular formula is C12H7BrO4. The second kappa shape index (κ2) is 4.55. The van der Waals surface area contributed by atoms with Gasteiger partial charge in [-0.3, -0.25) is 4.79 Å². The Morgan fingerprint density at radius 2 is 1.59 bits per heavy atom. The van der Waals surface area contributed by atoms with E-state index in [-0.39, 0.29) is 17.3 Å². The Morgan fingerprint density at radius 3 is 2.12 bits per heavy atom. The molecule has 0 amide bonds. The summed E-state index contributed by atoms with van der Waals surface area (Å²) in [6.45, 7) is 0. The number of hydrogen-bond donors (Lipinski definition) is 1. The lowest BCUT2D eigenvalue weighted by atomic mass is 10.1. The number of halogens is 1. The van der Waals surface area contributed by atoms with E-state index in [1.807, 2.05) is 0 Å². The largest absolute Gasteiger partial charge is 0.475 e. The first-order chi connectivity index (χ1) is 8.08. The Morgan fingerprint density at radius 1 is 1.00 bits per heavy atom. The van der Waals surface area contributed by atoms with Crippen LogP contribution in [-0.2, 0) is 0 Å². The SMILES string of the molecule is O=C(O)c1ccc(C(=O)c2ccc(Br)cc2)o1. The summed E-state index contributed by atoms with van der Waals surface area (Å²) in [5, 5.41) is 8.68. The number of ketones is 1. The van der Waals surface area contributed by atoms with E-state index >= 15 is 0 Å². The van der Waals surface area contributed by atoms with Gasteiger partial charge in [0.1, 0.15) is 0 Å². The van der Waals surface area contributed by atoms with Crippen LogP contribution in [-0.4, -0.2) is 16.9 Å². The molecule has 2 rings (SSSR count). The summed E-state index contributed by atoms with van der Waals surface area (Å²) in [6.07, 6.45) is 0. The molecule has 0 unspecified atom stereocenters. The van der Waals surface area contributed by atoms with Crippen molar-refractivity contribution in [1.82, 2.24) is 0 Å². The first-order valence-electron chi connectivity index (χ1n) is 4.71. The molecule has 1 heterocycles. The molecule has 5 heteroatoms. The van der Waals surface area contributed by atoms with Crippen LogP contribution >= 0.6 is 15.9 Å². The highest BCUT2D eigenvalue weighted by molar-refractivity contribution is 9.10. The van der Waals surface area contributed by atoms with E-state index in [2.05, 4.69) is 15.9 Å². The zero-order chi connectivity index (χ0) is 12.4. The molecule has 1 aromatic carbocycles. The van der Waals surface area contributed by atoms with E-state index in [0.29, 0.717) is 5.56 Å². The zero-order valence-corrected chi connectivity index (χ0v) is 10.1. The predicted octanol–water partition coefficient (Wildman–Crippen LogP) is 2.97. The van der Waals surface area contributed by atoms with Crippen molar-refractivity contribution in [3.8, 4) is 0 Å². The van der Waals surface area contributed by atoms with Crippen molar-refractivity contribution in [3.63, 3.8) is 0 Å². The normalized spacial score (nSPS) is 10.2. The first-order valence-corrected chi connectivity index (χ1v) is 5.50. The Labute approximate surface area is 105 Å². The van der Waals surface area contributed by atoms with Gasteiger partial charge in [-0.2, -0.15) is 0 Å². The van der Waals surface area contributed by atoms with Gasteiger partial charge in [-0.25, -0.2) is 4.79 Å². The highest BCUT2D eigenvalue weighted by Gasteiger charge is 2.16. The number of carboxylic acid groups (broad SMARTS) is 1. The molecule has 0 bridgehead atoms. The number of carboxylic acids is 1. The average Bonchev–Trinajstić information content (AvgIpc) is 2.78. The Hall–Kier alpha value is -1.88. The average molecular weight is 295 g/mol. The van der Waals surface area contributed by atoms with Crippen LogP contribution in [0.3, 0.4) is 0 Å². The molecule has 0 saturated heterocycles. The first kappa shape index (κ1) is 11.6. The minimum atomic E-state index is -1.19. The van der Waals surface area contributed by atoms with Gasteiger partial charge in [0.05, 0.1) is 0 Å². The third-order valence-corrected chi connectivity index (χ3v) is 2.68. The molecule has 0 fully saturated rings. The zero-order valence-electron chi connectivity index (χ0n) is 8.51. The number of benzene rings is 1. The highest BCUT2D eigenvalue weighted by Crippen LogP contribution is 2.16. The molecule has 0 spiro atoms. The van der Waals surface area contributed by atoms with Gasteiger partial charge in [-0.15, -0.1) is 0 Å². The van der Waals surface area contributed by atoms with E-state index in [9.17, 15) is 9.59 Å². The lowest BCUT2D eigenvalue weighted by Gasteiger charge is -1.97. The molecule has 1 N–H and O–H groups in total.